The number of hydrogen-bond acceptors (Lipinski definition) is 3. The van der Waals surface area contributed by atoms with E-state index in [1.807, 2.05) is 0 Å². The van der Waals surface area contributed by atoms with Crippen molar-refractivity contribution in [3.8, 4) is 5.75 Å². The number of halogens is 5. The van der Waals surface area contributed by atoms with Crippen LogP contribution in [0.3, 0.4) is 0 Å². The van der Waals surface area contributed by atoms with Gasteiger partial charge < -0.3 is 9.94 Å². The van der Waals surface area contributed by atoms with Gasteiger partial charge in [-0.15, -0.1) is 0 Å². The van der Waals surface area contributed by atoms with Gasteiger partial charge in [-0.2, -0.15) is 0 Å². The first-order valence-corrected chi connectivity index (χ1v) is 5.86. The highest BCUT2D eigenvalue weighted by atomic mass is 19.2. The fourth-order valence-electron chi connectivity index (χ4n) is 1.54. The molecule has 0 aliphatic rings. The zero-order valence-corrected chi connectivity index (χ0v) is 10.8. The fourth-order valence-corrected chi connectivity index (χ4v) is 1.54. The third-order valence-electron chi connectivity index (χ3n) is 2.68. The SMILES string of the molecule is Oc1ccc(C=NOCc2c(F)c(F)c(F)c(F)c2F)cc1. The van der Waals surface area contributed by atoms with Crippen LogP contribution in [0.25, 0.3) is 0 Å². The van der Waals surface area contributed by atoms with Gasteiger partial charge >= 0.3 is 0 Å². The van der Waals surface area contributed by atoms with Crippen molar-refractivity contribution in [2.75, 3.05) is 0 Å². The van der Waals surface area contributed by atoms with Crippen LogP contribution >= 0.6 is 0 Å². The predicted octanol–water partition coefficient (Wildman–Crippen LogP) is 3.64. The zero-order valence-electron chi connectivity index (χ0n) is 10.8. The smallest absolute Gasteiger partial charge is 0.200 e. The van der Waals surface area contributed by atoms with Crippen molar-refractivity contribution in [3.63, 3.8) is 0 Å². The largest absolute Gasteiger partial charge is 0.508 e. The van der Waals surface area contributed by atoms with E-state index in [1.54, 1.807) is 0 Å². The number of aromatic hydroxyl groups is 1. The molecule has 116 valence electrons. The van der Waals surface area contributed by atoms with Gasteiger partial charge in [0.05, 0.1) is 11.8 Å². The maximum atomic E-state index is 13.3. The van der Waals surface area contributed by atoms with Gasteiger partial charge in [0, 0.05) is 0 Å². The molecule has 2 aromatic carbocycles. The van der Waals surface area contributed by atoms with Crippen LogP contribution in [-0.4, -0.2) is 11.3 Å². The quantitative estimate of drug-likeness (QED) is 0.307. The summed E-state index contributed by atoms with van der Waals surface area (Å²) in [6.07, 6.45) is 1.14. The minimum Gasteiger partial charge on any atom is -0.508 e. The Balaban J connectivity index is 2.11. The van der Waals surface area contributed by atoms with Crippen LogP contribution in [-0.2, 0) is 11.4 Å². The molecule has 0 heterocycles. The van der Waals surface area contributed by atoms with E-state index in [1.165, 1.54) is 24.3 Å². The summed E-state index contributed by atoms with van der Waals surface area (Å²) >= 11 is 0. The van der Waals surface area contributed by atoms with Crippen molar-refractivity contribution in [2.24, 2.45) is 5.16 Å². The normalized spacial score (nSPS) is 11.1. The molecular weight excluding hydrogens is 309 g/mol. The first-order chi connectivity index (χ1) is 10.4. The molecule has 0 bridgehead atoms. The number of hydrogen-bond donors (Lipinski definition) is 1. The van der Waals surface area contributed by atoms with Crippen LogP contribution in [0.2, 0.25) is 0 Å². The molecule has 2 aromatic rings. The molecule has 2 rings (SSSR count). The number of oxime groups is 1. The first-order valence-electron chi connectivity index (χ1n) is 5.86. The third kappa shape index (κ3) is 3.16. The summed E-state index contributed by atoms with van der Waals surface area (Å²) in [5, 5.41) is 12.4. The van der Waals surface area contributed by atoms with Crippen molar-refractivity contribution in [2.45, 2.75) is 6.61 Å². The number of phenolic OH excluding ortho intramolecular Hbond substituents is 1. The van der Waals surface area contributed by atoms with Crippen molar-refractivity contribution in [1.82, 2.24) is 0 Å². The Hall–Kier alpha value is -2.64. The fraction of sp³-hybridized carbons (Fsp3) is 0.0714. The molecule has 0 saturated carbocycles. The van der Waals surface area contributed by atoms with E-state index >= 15 is 0 Å². The van der Waals surface area contributed by atoms with E-state index in [2.05, 4.69) is 9.99 Å². The van der Waals surface area contributed by atoms with E-state index < -0.39 is 41.3 Å². The van der Waals surface area contributed by atoms with Crippen molar-refractivity contribution >= 4 is 6.21 Å². The van der Waals surface area contributed by atoms with Crippen LogP contribution in [0, 0.1) is 29.1 Å². The van der Waals surface area contributed by atoms with Crippen LogP contribution in [0.4, 0.5) is 22.0 Å². The van der Waals surface area contributed by atoms with Crippen molar-refractivity contribution < 1.29 is 31.9 Å². The molecule has 0 saturated heterocycles. The molecule has 0 aromatic heterocycles. The lowest BCUT2D eigenvalue weighted by Crippen LogP contribution is -2.07. The van der Waals surface area contributed by atoms with Crippen LogP contribution in [0.1, 0.15) is 11.1 Å². The molecule has 0 atom stereocenters. The maximum Gasteiger partial charge on any atom is 0.200 e. The second-order valence-electron chi connectivity index (χ2n) is 4.15. The molecule has 3 nitrogen and oxygen atoms in total. The van der Waals surface area contributed by atoms with E-state index in [-0.39, 0.29) is 5.75 Å². The number of nitrogens with zero attached hydrogens (tertiary/aromatic N) is 1. The molecule has 0 unspecified atom stereocenters. The Labute approximate surface area is 121 Å². The standard InChI is InChI=1S/C14H8F5NO2/c15-10-9(11(16)13(18)14(19)12(10)17)6-22-20-5-7-1-3-8(21)4-2-7/h1-5,21H,6H2. The van der Waals surface area contributed by atoms with E-state index in [0.717, 1.165) is 6.21 Å². The summed E-state index contributed by atoms with van der Waals surface area (Å²) in [5.41, 5.74) is -0.616. The molecule has 0 aliphatic carbocycles. The molecule has 0 radical (unpaired) electrons. The molecular formula is C14H8F5NO2. The molecule has 0 aliphatic heterocycles. The molecule has 8 heteroatoms. The lowest BCUT2D eigenvalue weighted by atomic mass is 10.2. The van der Waals surface area contributed by atoms with Crippen molar-refractivity contribution in [3.05, 3.63) is 64.5 Å². The van der Waals surface area contributed by atoms with Crippen LogP contribution in [0.15, 0.2) is 29.4 Å². The highest BCUT2D eigenvalue weighted by molar-refractivity contribution is 5.79. The number of phenols is 1. The minimum atomic E-state index is -2.23. The van der Waals surface area contributed by atoms with Crippen LogP contribution < -0.4 is 0 Å². The molecule has 0 fully saturated rings. The minimum absolute atomic E-state index is 0.0273. The van der Waals surface area contributed by atoms with E-state index in [0.29, 0.717) is 5.56 Å². The van der Waals surface area contributed by atoms with Crippen LogP contribution in [0.5, 0.6) is 5.75 Å². The Morgan fingerprint density at radius 1 is 0.864 bits per heavy atom. The van der Waals surface area contributed by atoms with Gasteiger partial charge in [0.15, 0.2) is 23.3 Å². The van der Waals surface area contributed by atoms with Crippen molar-refractivity contribution in [1.29, 1.82) is 0 Å². The van der Waals surface area contributed by atoms with Gasteiger partial charge in [-0.3, -0.25) is 0 Å². The van der Waals surface area contributed by atoms with E-state index in [4.69, 9.17) is 5.11 Å². The number of rotatable bonds is 4. The van der Waals surface area contributed by atoms with Gasteiger partial charge in [0.1, 0.15) is 12.4 Å². The van der Waals surface area contributed by atoms with Gasteiger partial charge in [0.2, 0.25) is 5.82 Å². The molecule has 0 spiro atoms. The Bertz CT molecular complexity index is 687. The summed E-state index contributed by atoms with van der Waals surface area (Å²) in [7, 11) is 0. The van der Waals surface area contributed by atoms with Gasteiger partial charge in [0.25, 0.3) is 0 Å². The van der Waals surface area contributed by atoms with Gasteiger partial charge in [-0.25, -0.2) is 22.0 Å². The summed E-state index contributed by atoms with van der Waals surface area (Å²) in [6.45, 7) is -0.930. The Kier molecular flexibility index (Phi) is 4.59. The Morgan fingerprint density at radius 3 is 1.91 bits per heavy atom. The topological polar surface area (TPSA) is 41.8 Å². The molecule has 1 N–H and O–H groups in total. The zero-order chi connectivity index (χ0) is 16.3. The predicted molar refractivity (Wildman–Crippen MR) is 66.7 cm³/mol. The lowest BCUT2D eigenvalue weighted by Gasteiger charge is -2.06. The monoisotopic (exact) mass is 317 g/mol. The molecule has 22 heavy (non-hydrogen) atoms. The highest BCUT2D eigenvalue weighted by Crippen LogP contribution is 2.23. The average molecular weight is 317 g/mol. The van der Waals surface area contributed by atoms with Gasteiger partial charge in [-0.1, -0.05) is 5.16 Å². The third-order valence-corrected chi connectivity index (χ3v) is 2.68. The Morgan fingerprint density at radius 2 is 1.36 bits per heavy atom. The second kappa shape index (κ2) is 6.42. The summed E-state index contributed by atoms with van der Waals surface area (Å²) in [4.78, 5) is 4.54. The van der Waals surface area contributed by atoms with Gasteiger partial charge in [-0.05, 0) is 29.8 Å². The first kappa shape index (κ1) is 15.7. The average Bonchev–Trinajstić information content (AvgIpc) is 2.52. The van der Waals surface area contributed by atoms with E-state index in [9.17, 15) is 22.0 Å². The number of benzene rings is 2. The summed E-state index contributed by atoms with van der Waals surface area (Å²) in [5.74, 6) is -10.2. The molecule has 0 amide bonds. The lowest BCUT2D eigenvalue weighted by molar-refractivity contribution is 0.124. The second-order valence-corrected chi connectivity index (χ2v) is 4.15. The summed E-state index contributed by atoms with van der Waals surface area (Å²) in [6, 6.07) is 5.68. The summed E-state index contributed by atoms with van der Waals surface area (Å²) < 4.78 is 65.3. The maximum absolute atomic E-state index is 13.3. The highest BCUT2D eigenvalue weighted by Gasteiger charge is 2.25.